The van der Waals surface area contributed by atoms with Gasteiger partial charge in [0.2, 0.25) is 0 Å². The van der Waals surface area contributed by atoms with Gasteiger partial charge in [-0.05, 0) is 30.5 Å². The molecule has 0 radical (unpaired) electrons. The number of ether oxygens (including phenoxy) is 1. The molecule has 3 rings (SSSR count). The van der Waals surface area contributed by atoms with E-state index in [9.17, 15) is 0 Å². The van der Waals surface area contributed by atoms with Crippen LogP contribution in [0.15, 0.2) is 12.1 Å². The minimum atomic E-state index is 0.251. The van der Waals surface area contributed by atoms with Crippen molar-refractivity contribution in [3.63, 3.8) is 0 Å². The Labute approximate surface area is 119 Å². The van der Waals surface area contributed by atoms with E-state index in [1.165, 1.54) is 36.8 Å². The molecule has 1 fully saturated rings. The van der Waals surface area contributed by atoms with Gasteiger partial charge in [-0.3, -0.25) is 4.90 Å². The zero-order chi connectivity index (χ0) is 13.4. The van der Waals surface area contributed by atoms with E-state index in [4.69, 9.17) is 22.1 Å². The highest BCUT2D eigenvalue weighted by molar-refractivity contribution is 6.31. The molecule has 0 saturated heterocycles. The van der Waals surface area contributed by atoms with E-state index in [0.29, 0.717) is 12.6 Å². The van der Waals surface area contributed by atoms with E-state index < -0.39 is 0 Å². The molecule has 3 nitrogen and oxygen atoms in total. The molecular formula is C15H21ClN2O. The molecule has 1 saturated carbocycles. The van der Waals surface area contributed by atoms with Crippen LogP contribution in [0.3, 0.4) is 0 Å². The van der Waals surface area contributed by atoms with Crippen LogP contribution < -0.4 is 10.5 Å². The predicted octanol–water partition coefficient (Wildman–Crippen LogP) is 3.11. The fraction of sp³-hybridized carbons (Fsp3) is 0.600. The second kappa shape index (κ2) is 5.31. The topological polar surface area (TPSA) is 38.5 Å². The second-order valence-corrected chi connectivity index (χ2v) is 5.91. The van der Waals surface area contributed by atoms with Crippen molar-refractivity contribution in [1.82, 2.24) is 4.90 Å². The van der Waals surface area contributed by atoms with E-state index in [1.54, 1.807) is 7.11 Å². The third-order valence-corrected chi connectivity index (χ3v) is 4.90. The SMILES string of the molecule is COc1ccc(Cl)c2c1CN(C1CCCC1)C2CN. The Morgan fingerprint density at radius 3 is 2.74 bits per heavy atom. The Balaban J connectivity index is 1.99. The first-order chi connectivity index (χ1) is 9.26. The molecule has 0 spiro atoms. The molecule has 0 aromatic heterocycles. The maximum absolute atomic E-state index is 6.41. The van der Waals surface area contributed by atoms with E-state index in [0.717, 1.165) is 17.3 Å². The summed E-state index contributed by atoms with van der Waals surface area (Å²) >= 11 is 6.41. The predicted molar refractivity (Wildman–Crippen MR) is 77.6 cm³/mol. The summed E-state index contributed by atoms with van der Waals surface area (Å²) in [5.41, 5.74) is 8.45. The highest BCUT2D eigenvalue weighted by Crippen LogP contribution is 2.45. The third-order valence-electron chi connectivity index (χ3n) is 4.57. The van der Waals surface area contributed by atoms with E-state index >= 15 is 0 Å². The standard InChI is InChI=1S/C15H21ClN2O/c1-19-14-7-6-12(16)15-11(14)9-18(13(15)8-17)10-4-2-3-5-10/h6-7,10,13H,2-5,8-9,17H2,1H3. The molecule has 0 bridgehead atoms. The first-order valence-electron chi connectivity index (χ1n) is 7.07. The minimum absolute atomic E-state index is 0.251. The van der Waals surface area contributed by atoms with Crippen LogP contribution in [0.4, 0.5) is 0 Å². The van der Waals surface area contributed by atoms with Gasteiger partial charge in [-0.1, -0.05) is 24.4 Å². The van der Waals surface area contributed by atoms with Gasteiger partial charge in [-0.25, -0.2) is 0 Å². The van der Waals surface area contributed by atoms with Crippen molar-refractivity contribution in [3.05, 3.63) is 28.3 Å². The van der Waals surface area contributed by atoms with Crippen molar-refractivity contribution in [3.8, 4) is 5.75 Å². The molecule has 1 aromatic carbocycles. The van der Waals surface area contributed by atoms with Crippen molar-refractivity contribution < 1.29 is 4.74 Å². The number of nitrogens with zero attached hydrogens (tertiary/aromatic N) is 1. The highest BCUT2D eigenvalue weighted by Gasteiger charge is 2.38. The maximum atomic E-state index is 6.41. The van der Waals surface area contributed by atoms with Crippen molar-refractivity contribution in [2.24, 2.45) is 5.73 Å². The third kappa shape index (κ3) is 2.14. The second-order valence-electron chi connectivity index (χ2n) is 5.50. The van der Waals surface area contributed by atoms with Gasteiger partial charge in [0, 0.05) is 35.8 Å². The lowest BCUT2D eigenvalue weighted by molar-refractivity contribution is 0.151. The minimum Gasteiger partial charge on any atom is -0.496 e. The summed E-state index contributed by atoms with van der Waals surface area (Å²) < 4.78 is 5.49. The van der Waals surface area contributed by atoms with E-state index in [-0.39, 0.29) is 6.04 Å². The molecule has 1 aliphatic heterocycles. The molecule has 0 amide bonds. The Kier molecular flexibility index (Phi) is 3.70. The average Bonchev–Trinajstić information content (AvgIpc) is 3.06. The lowest BCUT2D eigenvalue weighted by Gasteiger charge is -2.30. The lowest BCUT2D eigenvalue weighted by atomic mass is 10.0. The highest BCUT2D eigenvalue weighted by atomic mass is 35.5. The van der Waals surface area contributed by atoms with Crippen LogP contribution >= 0.6 is 11.6 Å². The normalized spacial score (nSPS) is 23.8. The van der Waals surface area contributed by atoms with Gasteiger partial charge in [0.1, 0.15) is 5.75 Å². The van der Waals surface area contributed by atoms with Crippen molar-refractivity contribution >= 4 is 11.6 Å². The van der Waals surface area contributed by atoms with Gasteiger partial charge in [-0.2, -0.15) is 0 Å². The zero-order valence-electron chi connectivity index (χ0n) is 11.4. The molecular weight excluding hydrogens is 260 g/mol. The van der Waals surface area contributed by atoms with E-state index in [1.807, 2.05) is 12.1 Å². The smallest absolute Gasteiger partial charge is 0.123 e. The Morgan fingerprint density at radius 2 is 2.11 bits per heavy atom. The Bertz CT molecular complexity index is 471. The van der Waals surface area contributed by atoms with Gasteiger partial charge in [0.05, 0.1) is 7.11 Å². The largest absolute Gasteiger partial charge is 0.496 e. The fourth-order valence-electron chi connectivity index (χ4n) is 3.66. The van der Waals surface area contributed by atoms with Crippen LogP contribution in [0.25, 0.3) is 0 Å². The Hall–Kier alpha value is -0.770. The quantitative estimate of drug-likeness (QED) is 0.925. The summed E-state index contributed by atoms with van der Waals surface area (Å²) in [6, 6.07) is 4.80. The number of hydrogen-bond donors (Lipinski definition) is 1. The number of hydrogen-bond acceptors (Lipinski definition) is 3. The van der Waals surface area contributed by atoms with Gasteiger partial charge < -0.3 is 10.5 Å². The molecule has 19 heavy (non-hydrogen) atoms. The number of nitrogens with two attached hydrogens (primary N) is 1. The first-order valence-corrected chi connectivity index (χ1v) is 7.45. The molecule has 1 aromatic rings. The van der Waals surface area contributed by atoms with Crippen molar-refractivity contribution in [2.75, 3.05) is 13.7 Å². The number of rotatable bonds is 3. The molecule has 2 aliphatic rings. The molecule has 104 valence electrons. The first kappa shape index (κ1) is 13.2. The Morgan fingerprint density at radius 1 is 1.37 bits per heavy atom. The van der Waals surface area contributed by atoms with Gasteiger partial charge in [0.15, 0.2) is 0 Å². The number of halogens is 1. The van der Waals surface area contributed by atoms with Crippen LogP contribution in [-0.2, 0) is 6.54 Å². The molecule has 1 unspecified atom stereocenters. The summed E-state index contributed by atoms with van der Waals surface area (Å²) in [7, 11) is 1.72. The summed E-state index contributed by atoms with van der Waals surface area (Å²) in [4.78, 5) is 2.53. The van der Waals surface area contributed by atoms with Crippen molar-refractivity contribution in [2.45, 2.75) is 44.3 Å². The van der Waals surface area contributed by atoms with Crippen LogP contribution in [0, 0.1) is 0 Å². The molecule has 4 heteroatoms. The number of fused-ring (bicyclic) bond motifs is 1. The molecule has 2 N–H and O–H groups in total. The van der Waals surface area contributed by atoms with Crippen LogP contribution in [0.5, 0.6) is 5.75 Å². The number of methoxy groups -OCH3 is 1. The zero-order valence-corrected chi connectivity index (χ0v) is 12.1. The summed E-state index contributed by atoms with van der Waals surface area (Å²) in [5.74, 6) is 0.943. The van der Waals surface area contributed by atoms with Crippen molar-refractivity contribution in [1.29, 1.82) is 0 Å². The maximum Gasteiger partial charge on any atom is 0.123 e. The van der Waals surface area contributed by atoms with E-state index in [2.05, 4.69) is 4.90 Å². The lowest BCUT2D eigenvalue weighted by Crippen LogP contribution is -2.35. The fourth-order valence-corrected chi connectivity index (χ4v) is 3.97. The summed E-state index contributed by atoms with van der Waals surface area (Å²) in [6.45, 7) is 1.54. The van der Waals surface area contributed by atoms with Gasteiger partial charge >= 0.3 is 0 Å². The molecule has 1 aliphatic carbocycles. The van der Waals surface area contributed by atoms with Crippen LogP contribution in [0.2, 0.25) is 5.02 Å². The van der Waals surface area contributed by atoms with Gasteiger partial charge in [-0.15, -0.1) is 0 Å². The van der Waals surface area contributed by atoms with Crippen LogP contribution in [0.1, 0.15) is 42.9 Å². The summed E-state index contributed by atoms with van der Waals surface area (Å²) in [6.07, 6.45) is 5.23. The summed E-state index contributed by atoms with van der Waals surface area (Å²) in [5, 5.41) is 0.826. The monoisotopic (exact) mass is 280 g/mol. The van der Waals surface area contributed by atoms with Gasteiger partial charge in [0.25, 0.3) is 0 Å². The number of benzene rings is 1. The molecule has 1 atom stereocenters. The average molecular weight is 281 g/mol. The molecule has 1 heterocycles. The van der Waals surface area contributed by atoms with Crippen LogP contribution in [-0.4, -0.2) is 24.6 Å².